The molecular formula is C12H24. The molecule has 0 aromatic carbocycles. The van der Waals surface area contributed by atoms with Gasteiger partial charge in [-0.3, -0.25) is 0 Å². The average molecular weight is 168 g/mol. The van der Waals surface area contributed by atoms with Gasteiger partial charge in [-0.25, -0.2) is 0 Å². The second-order valence-corrected chi connectivity index (χ2v) is 4.69. The molecule has 1 rings (SSSR count). The van der Waals surface area contributed by atoms with Crippen LogP contribution in [0.5, 0.6) is 0 Å². The second-order valence-electron chi connectivity index (χ2n) is 4.69. The zero-order valence-corrected chi connectivity index (χ0v) is 9.14. The van der Waals surface area contributed by atoms with Crippen molar-refractivity contribution >= 4 is 0 Å². The Balaban J connectivity index is 2.49. The lowest BCUT2D eigenvalue weighted by Crippen LogP contribution is -2.12. The molecular weight excluding hydrogens is 144 g/mol. The topological polar surface area (TPSA) is 0 Å². The molecule has 0 radical (unpaired) electrons. The van der Waals surface area contributed by atoms with Crippen LogP contribution in [0.25, 0.3) is 0 Å². The lowest BCUT2D eigenvalue weighted by molar-refractivity contribution is 0.296. The van der Waals surface area contributed by atoms with Gasteiger partial charge in [0.25, 0.3) is 0 Å². The van der Waals surface area contributed by atoms with Crippen LogP contribution in [0.3, 0.4) is 0 Å². The van der Waals surface area contributed by atoms with Crippen molar-refractivity contribution in [1.82, 2.24) is 0 Å². The zero-order valence-electron chi connectivity index (χ0n) is 9.14. The molecule has 0 amide bonds. The minimum Gasteiger partial charge on any atom is -0.0654 e. The first-order valence-electron chi connectivity index (χ1n) is 5.70. The minimum atomic E-state index is 0.988. The molecule has 0 spiro atoms. The molecule has 1 aliphatic carbocycles. The van der Waals surface area contributed by atoms with Gasteiger partial charge in [-0.05, 0) is 30.1 Å². The Bertz CT molecular complexity index is 128. The van der Waals surface area contributed by atoms with Gasteiger partial charge in [-0.15, -0.1) is 0 Å². The van der Waals surface area contributed by atoms with Crippen LogP contribution in [0.4, 0.5) is 0 Å². The van der Waals surface area contributed by atoms with Crippen LogP contribution in [-0.4, -0.2) is 0 Å². The van der Waals surface area contributed by atoms with E-state index in [9.17, 15) is 0 Å². The molecule has 0 N–H and O–H groups in total. The highest BCUT2D eigenvalue weighted by atomic mass is 14.4. The number of hydrogen-bond acceptors (Lipinski definition) is 0. The van der Waals surface area contributed by atoms with Crippen molar-refractivity contribution < 1.29 is 0 Å². The Kier molecular flexibility index (Phi) is 3.61. The summed E-state index contributed by atoms with van der Waals surface area (Å²) in [5, 5.41) is 0. The van der Waals surface area contributed by atoms with Gasteiger partial charge >= 0.3 is 0 Å². The lowest BCUT2D eigenvalue weighted by atomic mass is 9.86. The third-order valence-electron chi connectivity index (χ3n) is 3.96. The maximum Gasteiger partial charge on any atom is -0.0363 e. The standard InChI is InChI=1S/C12H24/c1-5-7-11-8-9(3)12(6-2)10(11)4/h9-12H,5-8H2,1-4H3. The highest BCUT2D eigenvalue weighted by Gasteiger charge is 2.35. The van der Waals surface area contributed by atoms with Gasteiger partial charge in [-0.2, -0.15) is 0 Å². The SMILES string of the molecule is CCCC1CC(C)C(CC)C1C. The molecule has 0 saturated heterocycles. The molecule has 1 fully saturated rings. The van der Waals surface area contributed by atoms with Gasteiger partial charge in [0, 0.05) is 0 Å². The van der Waals surface area contributed by atoms with Crippen molar-refractivity contribution in [3.63, 3.8) is 0 Å². The molecule has 0 aromatic rings. The van der Waals surface area contributed by atoms with Crippen molar-refractivity contribution in [2.75, 3.05) is 0 Å². The number of rotatable bonds is 3. The van der Waals surface area contributed by atoms with E-state index < -0.39 is 0 Å². The first kappa shape index (κ1) is 10.1. The normalized spacial score (nSPS) is 42.0. The summed E-state index contributed by atoms with van der Waals surface area (Å²) < 4.78 is 0. The second kappa shape index (κ2) is 4.30. The quantitative estimate of drug-likeness (QED) is 0.595. The third kappa shape index (κ3) is 1.84. The summed E-state index contributed by atoms with van der Waals surface area (Å²) in [5.41, 5.74) is 0. The maximum atomic E-state index is 2.47. The van der Waals surface area contributed by atoms with E-state index >= 15 is 0 Å². The van der Waals surface area contributed by atoms with Crippen LogP contribution in [0.2, 0.25) is 0 Å². The van der Waals surface area contributed by atoms with Crippen LogP contribution in [0.1, 0.15) is 53.4 Å². The van der Waals surface area contributed by atoms with Crippen LogP contribution in [0, 0.1) is 23.7 Å². The first-order valence-corrected chi connectivity index (χ1v) is 5.70. The van der Waals surface area contributed by atoms with Crippen molar-refractivity contribution in [3.05, 3.63) is 0 Å². The fourth-order valence-electron chi connectivity index (χ4n) is 3.26. The molecule has 1 aliphatic rings. The molecule has 0 nitrogen and oxygen atoms in total. The largest absolute Gasteiger partial charge is 0.0654 e. The Hall–Kier alpha value is 0. The van der Waals surface area contributed by atoms with Gasteiger partial charge in [0.1, 0.15) is 0 Å². The van der Waals surface area contributed by atoms with Gasteiger partial charge < -0.3 is 0 Å². The highest BCUT2D eigenvalue weighted by Crippen LogP contribution is 2.44. The minimum absolute atomic E-state index is 0.988. The molecule has 0 aromatic heterocycles. The monoisotopic (exact) mass is 168 g/mol. The third-order valence-corrected chi connectivity index (χ3v) is 3.96. The average Bonchev–Trinajstić information content (AvgIpc) is 2.29. The number of hydrogen-bond donors (Lipinski definition) is 0. The Morgan fingerprint density at radius 3 is 2.25 bits per heavy atom. The van der Waals surface area contributed by atoms with Crippen molar-refractivity contribution in [2.24, 2.45) is 23.7 Å². The summed E-state index contributed by atoms with van der Waals surface area (Å²) in [6, 6.07) is 0. The van der Waals surface area contributed by atoms with E-state index in [0.717, 1.165) is 23.7 Å². The summed E-state index contributed by atoms with van der Waals surface area (Å²) >= 11 is 0. The van der Waals surface area contributed by atoms with E-state index in [1.54, 1.807) is 0 Å². The van der Waals surface area contributed by atoms with E-state index in [1.165, 1.54) is 25.7 Å². The van der Waals surface area contributed by atoms with Crippen LogP contribution in [-0.2, 0) is 0 Å². The molecule has 1 saturated carbocycles. The van der Waals surface area contributed by atoms with Crippen molar-refractivity contribution in [3.8, 4) is 0 Å². The maximum absolute atomic E-state index is 2.47. The summed E-state index contributed by atoms with van der Waals surface area (Å²) in [6.45, 7) is 9.58. The first-order chi connectivity index (χ1) is 5.70. The van der Waals surface area contributed by atoms with Crippen LogP contribution in [0.15, 0.2) is 0 Å². The molecule has 0 heteroatoms. The summed E-state index contributed by atoms with van der Waals surface area (Å²) in [6.07, 6.45) is 5.72. The molecule has 4 atom stereocenters. The Morgan fingerprint density at radius 1 is 1.17 bits per heavy atom. The van der Waals surface area contributed by atoms with Crippen molar-refractivity contribution in [1.29, 1.82) is 0 Å². The Labute approximate surface area is 77.7 Å². The van der Waals surface area contributed by atoms with Gasteiger partial charge in [0.2, 0.25) is 0 Å². The fourth-order valence-corrected chi connectivity index (χ4v) is 3.26. The lowest BCUT2D eigenvalue weighted by Gasteiger charge is -2.20. The molecule has 72 valence electrons. The molecule has 0 bridgehead atoms. The van der Waals surface area contributed by atoms with Crippen molar-refractivity contribution in [2.45, 2.75) is 53.4 Å². The van der Waals surface area contributed by atoms with Crippen LogP contribution < -0.4 is 0 Å². The molecule has 0 aliphatic heterocycles. The zero-order chi connectivity index (χ0) is 9.14. The van der Waals surface area contributed by atoms with E-state index in [0.29, 0.717) is 0 Å². The summed E-state index contributed by atoms with van der Waals surface area (Å²) in [7, 11) is 0. The van der Waals surface area contributed by atoms with E-state index in [2.05, 4.69) is 27.7 Å². The Morgan fingerprint density at radius 2 is 1.83 bits per heavy atom. The highest BCUT2D eigenvalue weighted by molar-refractivity contribution is 4.85. The van der Waals surface area contributed by atoms with Gasteiger partial charge in [0.05, 0.1) is 0 Å². The van der Waals surface area contributed by atoms with Gasteiger partial charge in [-0.1, -0.05) is 47.0 Å². The van der Waals surface area contributed by atoms with E-state index in [-0.39, 0.29) is 0 Å². The smallest absolute Gasteiger partial charge is 0.0363 e. The van der Waals surface area contributed by atoms with E-state index in [4.69, 9.17) is 0 Å². The van der Waals surface area contributed by atoms with Gasteiger partial charge in [0.15, 0.2) is 0 Å². The predicted molar refractivity (Wildman–Crippen MR) is 55.1 cm³/mol. The summed E-state index contributed by atoms with van der Waals surface area (Å²) in [4.78, 5) is 0. The molecule has 4 unspecified atom stereocenters. The molecule has 0 heterocycles. The van der Waals surface area contributed by atoms with E-state index in [1.807, 2.05) is 0 Å². The summed E-state index contributed by atoms with van der Waals surface area (Å²) in [5.74, 6) is 4.03. The molecule has 12 heavy (non-hydrogen) atoms. The fraction of sp³-hybridized carbons (Fsp3) is 1.00. The van der Waals surface area contributed by atoms with Crippen LogP contribution >= 0.6 is 0 Å². The predicted octanol–water partition coefficient (Wildman–Crippen LogP) is 4.10.